The summed E-state index contributed by atoms with van der Waals surface area (Å²) in [5.74, 6) is 0. The van der Waals surface area contributed by atoms with Crippen molar-refractivity contribution < 1.29 is 13.3 Å². The van der Waals surface area contributed by atoms with Crippen LogP contribution < -0.4 is 4.83 Å². The van der Waals surface area contributed by atoms with Crippen molar-refractivity contribution in [1.82, 2.24) is 4.83 Å². The molecule has 0 aromatic heterocycles. The maximum atomic E-state index is 12.0. The quantitative estimate of drug-likeness (QED) is 0.507. The highest BCUT2D eigenvalue weighted by molar-refractivity contribution is 7.89. The Balaban J connectivity index is 2.17. The Labute approximate surface area is 137 Å². The first kappa shape index (κ1) is 16.9. The molecule has 0 amide bonds. The van der Waals surface area contributed by atoms with Crippen molar-refractivity contribution in [1.29, 1.82) is 0 Å². The lowest BCUT2D eigenvalue weighted by Gasteiger charge is -2.03. The molecule has 7 nitrogen and oxygen atoms in total. The summed E-state index contributed by atoms with van der Waals surface area (Å²) in [4.78, 5) is 12.3. The van der Waals surface area contributed by atoms with Gasteiger partial charge in [-0.05, 0) is 25.1 Å². The van der Waals surface area contributed by atoms with E-state index in [2.05, 4.69) is 5.10 Å². The van der Waals surface area contributed by atoms with E-state index in [1.54, 1.807) is 12.1 Å². The lowest BCUT2D eigenvalue weighted by atomic mass is 10.2. The van der Waals surface area contributed by atoms with Gasteiger partial charge in [-0.1, -0.05) is 35.4 Å². The van der Waals surface area contributed by atoms with Crippen LogP contribution in [0.3, 0.4) is 0 Å². The van der Waals surface area contributed by atoms with Crippen molar-refractivity contribution in [3.8, 4) is 0 Å². The number of hydrogen-bond acceptors (Lipinski definition) is 5. The van der Waals surface area contributed by atoms with Gasteiger partial charge in [0.05, 0.1) is 16.0 Å². The number of hydrogen-bond donors (Lipinski definition) is 1. The summed E-state index contributed by atoms with van der Waals surface area (Å²) < 4.78 is 24.0. The van der Waals surface area contributed by atoms with Crippen LogP contribution in [-0.4, -0.2) is 19.6 Å². The number of nitrogens with zero attached hydrogens (tertiary/aromatic N) is 2. The zero-order valence-corrected chi connectivity index (χ0v) is 13.5. The molecule has 0 radical (unpaired) electrons. The van der Waals surface area contributed by atoms with E-state index >= 15 is 0 Å². The number of nitrogens with one attached hydrogen (secondary N) is 1. The average Bonchev–Trinajstić information content (AvgIpc) is 2.49. The number of sulfonamides is 1. The van der Waals surface area contributed by atoms with E-state index in [-0.39, 0.29) is 15.6 Å². The number of halogens is 1. The molecule has 0 bridgehead atoms. The minimum Gasteiger partial charge on any atom is -0.258 e. The van der Waals surface area contributed by atoms with Crippen LogP contribution in [0, 0.1) is 17.0 Å². The van der Waals surface area contributed by atoms with Crippen LogP contribution in [0.1, 0.15) is 11.1 Å². The molecule has 0 saturated heterocycles. The van der Waals surface area contributed by atoms with Gasteiger partial charge in [0, 0.05) is 11.6 Å². The first-order chi connectivity index (χ1) is 10.8. The predicted molar refractivity (Wildman–Crippen MR) is 87.2 cm³/mol. The number of nitro benzene ring substituents is 1. The maximum absolute atomic E-state index is 12.0. The van der Waals surface area contributed by atoms with Crippen LogP contribution >= 0.6 is 11.6 Å². The van der Waals surface area contributed by atoms with Gasteiger partial charge in [0.1, 0.15) is 5.02 Å². The molecule has 0 unspecified atom stereocenters. The van der Waals surface area contributed by atoms with Gasteiger partial charge in [0.2, 0.25) is 0 Å². The minimum atomic E-state index is -3.79. The third kappa shape index (κ3) is 4.27. The van der Waals surface area contributed by atoms with Crippen molar-refractivity contribution >= 4 is 33.5 Å². The largest absolute Gasteiger partial charge is 0.288 e. The average molecular weight is 354 g/mol. The SMILES string of the molecule is Cc1ccc(S(=O)(=O)NN=Cc2ccc(Cl)c([N+](=O)[O-])c2)cc1. The Bertz CT molecular complexity index is 864. The van der Waals surface area contributed by atoms with Gasteiger partial charge in [-0.25, -0.2) is 4.83 Å². The number of benzene rings is 2. The highest BCUT2D eigenvalue weighted by Crippen LogP contribution is 2.24. The second-order valence-corrected chi connectivity index (χ2v) is 6.70. The molecule has 2 aromatic rings. The van der Waals surface area contributed by atoms with Gasteiger partial charge in [-0.15, -0.1) is 0 Å². The van der Waals surface area contributed by atoms with Gasteiger partial charge in [-0.3, -0.25) is 10.1 Å². The zero-order valence-electron chi connectivity index (χ0n) is 11.9. The molecule has 0 spiro atoms. The van der Waals surface area contributed by atoms with Crippen molar-refractivity contribution in [2.75, 3.05) is 0 Å². The van der Waals surface area contributed by atoms with E-state index in [4.69, 9.17) is 11.6 Å². The van der Waals surface area contributed by atoms with Gasteiger partial charge in [-0.2, -0.15) is 13.5 Å². The number of hydrazone groups is 1. The molecule has 0 aliphatic carbocycles. The molecule has 0 saturated carbocycles. The second-order valence-electron chi connectivity index (χ2n) is 4.63. The number of aryl methyl sites for hydroxylation is 1. The van der Waals surface area contributed by atoms with Crippen molar-refractivity contribution in [2.45, 2.75) is 11.8 Å². The molecule has 9 heteroatoms. The predicted octanol–water partition coefficient (Wildman–Crippen LogP) is 2.87. The first-order valence-corrected chi connectivity index (χ1v) is 8.21. The molecule has 0 heterocycles. The molecular formula is C14H12ClN3O4S. The molecule has 0 aliphatic heterocycles. The maximum Gasteiger partial charge on any atom is 0.288 e. The normalized spacial score (nSPS) is 11.6. The van der Waals surface area contributed by atoms with Crippen molar-refractivity contribution in [3.63, 3.8) is 0 Å². The van der Waals surface area contributed by atoms with Crippen LogP contribution in [0.25, 0.3) is 0 Å². The van der Waals surface area contributed by atoms with Gasteiger partial charge < -0.3 is 0 Å². The highest BCUT2D eigenvalue weighted by Gasteiger charge is 2.13. The monoisotopic (exact) mass is 353 g/mol. The lowest BCUT2D eigenvalue weighted by Crippen LogP contribution is -2.18. The summed E-state index contributed by atoms with van der Waals surface area (Å²) in [5, 5.41) is 14.4. The number of rotatable bonds is 5. The van der Waals surface area contributed by atoms with E-state index in [0.717, 1.165) is 11.8 Å². The molecule has 1 N–H and O–H groups in total. The molecule has 120 valence electrons. The van der Waals surface area contributed by atoms with Crippen molar-refractivity contribution in [3.05, 3.63) is 68.7 Å². The molecular weight excluding hydrogens is 342 g/mol. The van der Waals surface area contributed by atoms with Crippen LogP contribution in [0.15, 0.2) is 52.5 Å². The molecule has 0 fully saturated rings. The standard InChI is InChI=1S/C14H12ClN3O4S/c1-10-2-5-12(6-3-10)23(21,22)17-16-9-11-4-7-13(15)14(8-11)18(19)20/h2-9,17H,1H3. The fourth-order valence-corrected chi connectivity index (χ4v) is 2.67. The smallest absolute Gasteiger partial charge is 0.258 e. The Morgan fingerprint density at radius 1 is 1.22 bits per heavy atom. The zero-order chi connectivity index (χ0) is 17.0. The van der Waals surface area contributed by atoms with E-state index < -0.39 is 14.9 Å². The molecule has 2 aromatic carbocycles. The highest BCUT2D eigenvalue weighted by atomic mass is 35.5. The fourth-order valence-electron chi connectivity index (χ4n) is 1.69. The van der Waals surface area contributed by atoms with Crippen LogP contribution in [0.2, 0.25) is 5.02 Å². The molecule has 23 heavy (non-hydrogen) atoms. The van der Waals surface area contributed by atoms with Gasteiger partial charge in [0.15, 0.2) is 0 Å². The van der Waals surface area contributed by atoms with Gasteiger partial charge >= 0.3 is 0 Å². The second kappa shape index (κ2) is 6.76. The van der Waals surface area contributed by atoms with E-state index in [0.29, 0.717) is 5.56 Å². The van der Waals surface area contributed by atoms with E-state index in [1.807, 2.05) is 11.8 Å². The van der Waals surface area contributed by atoms with Crippen LogP contribution in [0.4, 0.5) is 5.69 Å². The third-order valence-electron chi connectivity index (χ3n) is 2.88. The summed E-state index contributed by atoms with van der Waals surface area (Å²) in [6.07, 6.45) is 1.16. The van der Waals surface area contributed by atoms with Gasteiger partial charge in [0.25, 0.3) is 15.7 Å². The molecule has 0 aliphatic rings. The Kier molecular flexibility index (Phi) is 4.97. The minimum absolute atomic E-state index is 0.00705. The first-order valence-electron chi connectivity index (χ1n) is 6.35. The Morgan fingerprint density at radius 3 is 2.48 bits per heavy atom. The summed E-state index contributed by atoms with van der Waals surface area (Å²) in [7, 11) is -3.79. The summed E-state index contributed by atoms with van der Waals surface area (Å²) in [5.41, 5.74) is 0.991. The third-order valence-corrected chi connectivity index (χ3v) is 4.44. The molecule has 0 atom stereocenters. The number of nitro groups is 1. The lowest BCUT2D eigenvalue weighted by molar-refractivity contribution is -0.384. The van der Waals surface area contributed by atoms with E-state index in [1.165, 1.54) is 30.3 Å². The summed E-state index contributed by atoms with van der Waals surface area (Å²) in [6, 6.07) is 10.3. The summed E-state index contributed by atoms with van der Waals surface area (Å²) >= 11 is 5.69. The summed E-state index contributed by atoms with van der Waals surface area (Å²) in [6.45, 7) is 1.84. The van der Waals surface area contributed by atoms with Crippen LogP contribution in [0.5, 0.6) is 0 Å². The fraction of sp³-hybridized carbons (Fsp3) is 0.0714. The Morgan fingerprint density at radius 2 is 1.87 bits per heavy atom. The topological polar surface area (TPSA) is 102 Å². The van der Waals surface area contributed by atoms with E-state index in [9.17, 15) is 18.5 Å². The molecule has 2 rings (SSSR count). The Hall–Kier alpha value is -2.45. The van der Waals surface area contributed by atoms with Crippen LogP contribution in [-0.2, 0) is 10.0 Å². The van der Waals surface area contributed by atoms with Crippen molar-refractivity contribution in [2.24, 2.45) is 5.10 Å².